The van der Waals surface area contributed by atoms with Gasteiger partial charge in [-0.1, -0.05) is 12.1 Å². The Balaban J connectivity index is 2.47. The number of benzene rings is 2. The average Bonchev–Trinajstić information content (AvgIpc) is 2.49. The highest BCUT2D eigenvalue weighted by molar-refractivity contribution is 5.53. The second-order valence-electron chi connectivity index (χ2n) is 4.13. The molecule has 6 nitrogen and oxygen atoms in total. The lowest BCUT2D eigenvalue weighted by Crippen LogP contribution is -2.02. The Morgan fingerprint density at radius 1 is 1.33 bits per heavy atom. The van der Waals surface area contributed by atoms with Gasteiger partial charge in [0, 0.05) is 12.1 Å². The Morgan fingerprint density at radius 2 is 2.10 bits per heavy atom. The second-order valence-corrected chi connectivity index (χ2v) is 4.13. The normalized spacial score (nSPS) is 10.2. The van der Waals surface area contributed by atoms with Crippen LogP contribution >= 0.6 is 0 Å². The Kier molecular flexibility index (Phi) is 4.34. The molecule has 0 aromatic heterocycles. The molecule has 0 radical (unpaired) electrons. The van der Waals surface area contributed by atoms with Crippen molar-refractivity contribution in [2.75, 3.05) is 7.11 Å². The predicted molar refractivity (Wildman–Crippen MR) is 74.0 cm³/mol. The van der Waals surface area contributed by atoms with Crippen LogP contribution in [-0.2, 0) is 6.54 Å². The van der Waals surface area contributed by atoms with Gasteiger partial charge >= 0.3 is 5.69 Å². The molecule has 0 spiro atoms. The molecule has 2 aromatic rings. The summed E-state index contributed by atoms with van der Waals surface area (Å²) in [4.78, 5) is 10.4. The van der Waals surface area contributed by atoms with Crippen LogP contribution in [0.2, 0.25) is 0 Å². The van der Waals surface area contributed by atoms with Crippen LogP contribution in [0.4, 0.5) is 10.1 Å². The molecule has 0 bridgehead atoms. The Morgan fingerprint density at radius 3 is 2.71 bits per heavy atom. The number of hydrogen-bond donors (Lipinski definition) is 1. The van der Waals surface area contributed by atoms with Crippen LogP contribution in [0.5, 0.6) is 17.2 Å². The first kappa shape index (κ1) is 14.7. The Hall–Kier alpha value is -2.67. The monoisotopic (exact) mass is 292 g/mol. The Bertz CT molecular complexity index is 676. The van der Waals surface area contributed by atoms with Gasteiger partial charge in [-0.05, 0) is 18.2 Å². The number of para-hydroxylation sites is 1. The largest absolute Gasteiger partial charge is 0.496 e. The first-order valence-corrected chi connectivity index (χ1v) is 6.04. The lowest BCUT2D eigenvalue weighted by molar-refractivity contribution is -0.385. The molecule has 21 heavy (non-hydrogen) atoms. The van der Waals surface area contributed by atoms with E-state index in [1.807, 2.05) is 0 Å². The van der Waals surface area contributed by atoms with E-state index >= 15 is 0 Å². The summed E-state index contributed by atoms with van der Waals surface area (Å²) in [5.41, 5.74) is 5.61. The molecule has 2 N–H and O–H groups in total. The van der Waals surface area contributed by atoms with Crippen LogP contribution in [0.3, 0.4) is 0 Å². The number of rotatable bonds is 5. The second kappa shape index (κ2) is 6.19. The van der Waals surface area contributed by atoms with E-state index in [-0.39, 0.29) is 23.7 Å². The van der Waals surface area contributed by atoms with Crippen LogP contribution in [0, 0.1) is 15.9 Å². The number of nitrogens with zero attached hydrogens (tertiary/aromatic N) is 1. The highest BCUT2D eigenvalue weighted by atomic mass is 19.1. The molecule has 7 heteroatoms. The van der Waals surface area contributed by atoms with Crippen molar-refractivity contribution in [2.45, 2.75) is 6.54 Å². The standard InChI is InChI=1S/C14H13FN2O4/c1-20-10-5-6-13(12(7-10)17(18)19)21-14-9(8-16)3-2-4-11(14)15/h2-7H,8,16H2,1H3. The van der Waals surface area contributed by atoms with Gasteiger partial charge in [-0.25, -0.2) is 4.39 Å². The lowest BCUT2D eigenvalue weighted by atomic mass is 10.2. The topological polar surface area (TPSA) is 87.6 Å². The molecule has 2 aromatic carbocycles. The molecular formula is C14H13FN2O4. The number of nitrogens with two attached hydrogens (primary N) is 1. The molecule has 0 saturated carbocycles. The summed E-state index contributed by atoms with van der Waals surface area (Å²) in [6.45, 7) is 0.0526. The molecule has 0 atom stereocenters. The summed E-state index contributed by atoms with van der Waals surface area (Å²) in [7, 11) is 1.39. The van der Waals surface area contributed by atoms with Crippen molar-refractivity contribution >= 4 is 5.69 Å². The molecule has 110 valence electrons. The quantitative estimate of drug-likeness (QED) is 0.676. The molecule has 2 rings (SSSR count). The SMILES string of the molecule is COc1ccc(Oc2c(F)cccc2CN)c([N+](=O)[O-])c1. The summed E-state index contributed by atoms with van der Waals surface area (Å²) >= 11 is 0. The summed E-state index contributed by atoms with van der Waals surface area (Å²) in [5.74, 6) is -0.529. The van der Waals surface area contributed by atoms with Gasteiger partial charge in [0.1, 0.15) is 5.75 Å². The zero-order valence-corrected chi connectivity index (χ0v) is 11.2. The van der Waals surface area contributed by atoms with Gasteiger partial charge < -0.3 is 15.2 Å². The maximum absolute atomic E-state index is 13.8. The van der Waals surface area contributed by atoms with Crippen LogP contribution < -0.4 is 15.2 Å². The first-order valence-electron chi connectivity index (χ1n) is 6.04. The van der Waals surface area contributed by atoms with Gasteiger partial charge in [0.2, 0.25) is 5.75 Å². The first-order chi connectivity index (χ1) is 10.1. The van der Waals surface area contributed by atoms with Gasteiger partial charge in [0.25, 0.3) is 0 Å². The van der Waals surface area contributed by atoms with Crippen molar-refractivity contribution in [1.29, 1.82) is 0 Å². The summed E-state index contributed by atoms with van der Waals surface area (Å²) in [6.07, 6.45) is 0. The van der Waals surface area contributed by atoms with Crippen LogP contribution in [-0.4, -0.2) is 12.0 Å². The van der Waals surface area contributed by atoms with Crippen molar-refractivity contribution in [2.24, 2.45) is 5.73 Å². The van der Waals surface area contributed by atoms with E-state index in [9.17, 15) is 14.5 Å². The van der Waals surface area contributed by atoms with Crippen molar-refractivity contribution in [3.05, 3.63) is 57.9 Å². The van der Waals surface area contributed by atoms with Gasteiger partial charge in [-0.15, -0.1) is 0 Å². The van der Waals surface area contributed by atoms with Crippen molar-refractivity contribution < 1.29 is 18.8 Å². The number of methoxy groups -OCH3 is 1. The fourth-order valence-electron chi connectivity index (χ4n) is 1.79. The van der Waals surface area contributed by atoms with Gasteiger partial charge in [-0.3, -0.25) is 10.1 Å². The summed E-state index contributed by atoms with van der Waals surface area (Å²) in [5, 5.41) is 11.1. The van der Waals surface area contributed by atoms with Crippen LogP contribution in [0.15, 0.2) is 36.4 Å². The Labute approximate surface area is 120 Å². The van der Waals surface area contributed by atoms with Crippen molar-refractivity contribution in [1.82, 2.24) is 0 Å². The summed E-state index contributed by atoms with van der Waals surface area (Å²) < 4.78 is 24.1. The molecular weight excluding hydrogens is 279 g/mol. The van der Waals surface area contributed by atoms with E-state index in [1.54, 1.807) is 6.07 Å². The minimum Gasteiger partial charge on any atom is -0.496 e. The van der Waals surface area contributed by atoms with Crippen LogP contribution in [0.1, 0.15) is 5.56 Å². The van der Waals surface area contributed by atoms with E-state index in [1.165, 1.54) is 37.4 Å². The maximum Gasteiger partial charge on any atom is 0.315 e. The van der Waals surface area contributed by atoms with E-state index in [4.69, 9.17) is 15.2 Å². The number of hydrogen-bond acceptors (Lipinski definition) is 5. The van der Waals surface area contributed by atoms with Crippen molar-refractivity contribution in [3.63, 3.8) is 0 Å². The summed E-state index contributed by atoms with van der Waals surface area (Å²) in [6, 6.07) is 8.33. The zero-order chi connectivity index (χ0) is 15.4. The fourth-order valence-corrected chi connectivity index (χ4v) is 1.79. The third kappa shape index (κ3) is 3.09. The van der Waals surface area contributed by atoms with Gasteiger partial charge in [-0.2, -0.15) is 0 Å². The molecule has 0 aliphatic rings. The molecule has 0 fully saturated rings. The highest BCUT2D eigenvalue weighted by Gasteiger charge is 2.19. The molecule has 0 amide bonds. The molecule has 0 aliphatic carbocycles. The average molecular weight is 292 g/mol. The third-order valence-electron chi connectivity index (χ3n) is 2.84. The number of ether oxygens (including phenoxy) is 2. The molecule has 0 saturated heterocycles. The molecule has 0 aliphatic heterocycles. The molecule has 0 heterocycles. The van der Waals surface area contributed by atoms with E-state index in [2.05, 4.69) is 0 Å². The van der Waals surface area contributed by atoms with Gasteiger partial charge in [0.15, 0.2) is 11.6 Å². The highest BCUT2D eigenvalue weighted by Crippen LogP contribution is 2.36. The van der Waals surface area contributed by atoms with E-state index in [0.717, 1.165) is 0 Å². The minimum absolute atomic E-state index is 0.0526. The lowest BCUT2D eigenvalue weighted by Gasteiger charge is -2.11. The zero-order valence-electron chi connectivity index (χ0n) is 11.2. The van der Waals surface area contributed by atoms with Crippen LogP contribution in [0.25, 0.3) is 0 Å². The number of halogens is 1. The maximum atomic E-state index is 13.8. The number of nitro groups is 1. The fraction of sp³-hybridized carbons (Fsp3) is 0.143. The smallest absolute Gasteiger partial charge is 0.315 e. The van der Waals surface area contributed by atoms with Crippen molar-refractivity contribution in [3.8, 4) is 17.2 Å². The van der Waals surface area contributed by atoms with E-state index < -0.39 is 10.7 Å². The minimum atomic E-state index is -0.636. The van der Waals surface area contributed by atoms with E-state index in [0.29, 0.717) is 11.3 Å². The number of nitro benzene ring substituents is 1. The third-order valence-corrected chi connectivity index (χ3v) is 2.84. The van der Waals surface area contributed by atoms with Gasteiger partial charge in [0.05, 0.1) is 18.1 Å². The molecule has 0 unspecified atom stereocenters. The predicted octanol–water partition coefficient (Wildman–Crippen LogP) is 2.99.